The van der Waals surface area contributed by atoms with Gasteiger partial charge in [-0.05, 0) is 19.8 Å². The molecule has 16 heavy (non-hydrogen) atoms. The summed E-state index contributed by atoms with van der Waals surface area (Å²) in [4.78, 5) is 22.7. The van der Waals surface area contributed by atoms with Crippen molar-refractivity contribution in [3.63, 3.8) is 0 Å². The van der Waals surface area contributed by atoms with Gasteiger partial charge < -0.3 is 10.4 Å². The lowest BCUT2D eigenvalue weighted by atomic mass is 9.81. The molecule has 4 nitrogen and oxygen atoms in total. The highest BCUT2D eigenvalue weighted by Gasteiger charge is 2.34. The minimum absolute atomic E-state index is 0.107. The van der Waals surface area contributed by atoms with E-state index in [0.29, 0.717) is 0 Å². The Labute approximate surface area is 96.4 Å². The lowest BCUT2D eigenvalue weighted by Crippen LogP contribution is -2.46. The predicted molar refractivity (Wildman–Crippen MR) is 61.0 cm³/mol. The lowest BCUT2D eigenvalue weighted by molar-refractivity contribution is -0.143. The molecule has 2 N–H and O–H groups in total. The molecule has 0 radical (unpaired) electrons. The zero-order chi connectivity index (χ0) is 12.2. The van der Waals surface area contributed by atoms with Gasteiger partial charge in [0.15, 0.2) is 0 Å². The van der Waals surface area contributed by atoms with Crippen LogP contribution in [0, 0.1) is 5.41 Å². The van der Waals surface area contributed by atoms with Crippen LogP contribution in [0.1, 0.15) is 52.4 Å². The topological polar surface area (TPSA) is 66.4 Å². The Balaban J connectivity index is 2.59. The summed E-state index contributed by atoms with van der Waals surface area (Å²) in [7, 11) is 0. The smallest absolute Gasteiger partial charge is 0.325 e. The number of amides is 1. The van der Waals surface area contributed by atoms with E-state index in [4.69, 9.17) is 5.11 Å². The molecular weight excluding hydrogens is 206 g/mol. The van der Waals surface area contributed by atoms with Gasteiger partial charge in [-0.1, -0.05) is 32.6 Å². The van der Waals surface area contributed by atoms with Crippen molar-refractivity contribution in [2.24, 2.45) is 5.41 Å². The van der Waals surface area contributed by atoms with Crippen molar-refractivity contribution in [1.82, 2.24) is 5.32 Å². The summed E-state index contributed by atoms with van der Waals surface area (Å²) in [5.41, 5.74) is -0.375. The Bertz CT molecular complexity index is 267. The molecule has 1 aliphatic carbocycles. The van der Waals surface area contributed by atoms with E-state index in [9.17, 15) is 9.59 Å². The Morgan fingerprint density at radius 2 is 1.69 bits per heavy atom. The number of carboxylic acid groups (broad SMARTS) is 1. The maximum absolute atomic E-state index is 12.0. The van der Waals surface area contributed by atoms with Crippen molar-refractivity contribution >= 4 is 11.9 Å². The van der Waals surface area contributed by atoms with E-state index in [2.05, 4.69) is 5.32 Å². The molecule has 0 spiro atoms. The van der Waals surface area contributed by atoms with Gasteiger partial charge in [0.05, 0.1) is 0 Å². The Morgan fingerprint density at radius 3 is 2.12 bits per heavy atom. The first-order valence-corrected chi connectivity index (χ1v) is 5.99. The summed E-state index contributed by atoms with van der Waals surface area (Å²) < 4.78 is 0. The van der Waals surface area contributed by atoms with Crippen molar-refractivity contribution in [3.05, 3.63) is 0 Å². The molecule has 1 aliphatic rings. The number of carbonyl (C=O) groups is 2. The fourth-order valence-corrected chi connectivity index (χ4v) is 2.17. The molecule has 1 amide bonds. The largest absolute Gasteiger partial charge is 0.480 e. The summed E-state index contributed by atoms with van der Waals surface area (Å²) in [6.07, 6.45) is 6.21. The van der Waals surface area contributed by atoms with Crippen molar-refractivity contribution < 1.29 is 14.7 Å². The van der Waals surface area contributed by atoms with Crippen LogP contribution < -0.4 is 5.32 Å². The van der Waals surface area contributed by atoms with E-state index in [0.717, 1.165) is 25.7 Å². The minimum atomic E-state index is -0.981. The van der Waals surface area contributed by atoms with Gasteiger partial charge in [0.25, 0.3) is 0 Å². The molecule has 0 aromatic carbocycles. The Morgan fingerprint density at radius 1 is 1.19 bits per heavy atom. The number of rotatable bonds is 3. The molecule has 1 fully saturated rings. The SMILES string of the molecule is CC(NC(=O)C1(C)CCCCCC1)C(=O)O. The second-order valence-corrected chi connectivity index (χ2v) is 5.01. The summed E-state index contributed by atoms with van der Waals surface area (Å²) in [5.74, 6) is -1.09. The molecule has 92 valence electrons. The van der Waals surface area contributed by atoms with E-state index in [1.165, 1.54) is 19.8 Å². The molecule has 1 rings (SSSR count). The highest BCUT2D eigenvalue weighted by Crippen LogP contribution is 2.34. The van der Waals surface area contributed by atoms with Crippen LogP contribution in [0.4, 0.5) is 0 Å². The third kappa shape index (κ3) is 3.22. The second kappa shape index (κ2) is 5.32. The van der Waals surface area contributed by atoms with Crippen LogP contribution >= 0.6 is 0 Å². The van der Waals surface area contributed by atoms with E-state index in [1.807, 2.05) is 6.92 Å². The van der Waals surface area contributed by atoms with E-state index in [-0.39, 0.29) is 11.3 Å². The number of aliphatic carboxylic acids is 1. The molecule has 0 heterocycles. The van der Waals surface area contributed by atoms with Gasteiger partial charge >= 0.3 is 5.97 Å². The quantitative estimate of drug-likeness (QED) is 0.724. The van der Waals surface area contributed by atoms with Gasteiger partial charge in [0, 0.05) is 5.41 Å². The van der Waals surface area contributed by atoms with Crippen LogP contribution in [0.5, 0.6) is 0 Å². The molecule has 0 bridgehead atoms. The first-order valence-electron chi connectivity index (χ1n) is 5.99. The summed E-state index contributed by atoms with van der Waals surface area (Å²) in [5, 5.41) is 11.3. The maximum Gasteiger partial charge on any atom is 0.325 e. The standard InChI is InChI=1S/C12H21NO3/c1-9(10(14)15)13-11(16)12(2)7-5-3-4-6-8-12/h9H,3-8H2,1-2H3,(H,13,16)(H,14,15). The summed E-state index contributed by atoms with van der Waals surface area (Å²) in [6, 6.07) is -0.799. The Kier molecular flexibility index (Phi) is 4.33. The maximum atomic E-state index is 12.0. The molecule has 0 aromatic heterocycles. The van der Waals surface area contributed by atoms with Crippen LogP contribution in [0.2, 0.25) is 0 Å². The highest BCUT2D eigenvalue weighted by molar-refractivity contribution is 5.86. The van der Waals surface area contributed by atoms with Gasteiger partial charge in [-0.15, -0.1) is 0 Å². The van der Waals surface area contributed by atoms with Crippen LogP contribution in [-0.2, 0) is 9.59 Å². The predicted octanol–water partition coefficient (Wildman–Crippen LogP) is 1.94. The summed E-state index contributed by atoms with van der Waals surface area (Å²) in [6.45, 7) is 3.45. The zero-order valence-corrected chi connectivity index (χ0v) is 10.1. The number of carbonyl (C=O) groups excluding carboxylic acids is 1. The summed E-state index contributed by atoms with van der Waals surface area (Å²) >= 11 is 0. The van der Waals surface area contributed by atoms with Crippen molar-refractivity contribution in [2.45, 2.75) is 58.4 Å². The lowest BCUT2D eigenvalue weighted by Gasteiger charge is -2.27. The average Bonchev–Trinajstić information content (AvgIpc) is 2.43. The molecule has 0 saturated heterocycles. The second-order valence-electron chi connectivity index (χ2n) is 5.01. The van der Waals surface area contributed by atoms with Crippen LogP contribution in [0.3, 0.4) is 0 Å². The van der Waals surface area contributed by atoms with Gasteiger partial charge in [0.1, 0.15) is 6.04 Å². The molecule has 1 atom stereocenters. The normalized spacial score (nSPS) is 21.9. The number of nitrogens with one attached hydrogen (secondary N) is 1. The van der Waals surface area contributed by atoms with Crippen molar-refractivity contribution in [2.75, 3.05) is 0 Å². The van der Waals surface area contributed by atoms with Gasteiger partial charge in [-0.3, -0.25) is 9.59 Å². The zero-order valence-electron chi connectivity index (χ0n) is 10.1. The molecule has 0 aromatic rings. The highest BCUT2D eigenvalue weighted by atomic mass is 16.4. The third-order valence-electron chi connectivity index (χ3n) is 3.47. The fourth-order valence-electron chi connectivity index (χ4n) is 2.17. The van der Waals surface area contributed by atoms with Crippen molar-refractivity contribution in [3.8, 4) is 0 Å². The van der Waals surface area contributed by atoms with E-state index >= 15 is 0 Å². The molecule has 1 saturated carbocycles. The van der Waals surface area contributed by atoms with Gasteiger partial charge in [0.2, 0.25) is 5.91 Å². The third-order valence-corrected chi connectivity index (χ3v) is 3.47. The van der Waals surface area contributed by atoms with E-state index < -0.39 is 12.0 Å². The van der Waals surface area contributed by atoms with E-state index in [1.54, 1.807) is 0 Å². The van der Waals surface area contributed by atoms with Crippen molar-refractivity contribution in [1.29, 1.82) is 0 Å². The van der Waals surface area contributed by atoms with Crippen LogP contribution in [0.25, 0.3) is 0 Å². The average molecular weight is 227 g/mol. The monoisotopic (exact) mass is 227 g/mol. The van der Waals surface area contributed by atoms with Gasteiger partial charge in [-0.2, -0.15) is 0 Å². The molecule has 1 unspecified atom stereocenters. The minimum Gasteiger partial charge on any atom is -0.480 e. The number of hydrogen-bond donors (Lipinski definition) is 2. The van der Waals surface area contributed by atoms with Crippen LogP contribution in [0.15, 0.2) is 0 Å². The first-order chi connectivity index (χ1) is 7.46. The number of hydrogen-bond acceptors (Lipinski definition) is 2. The van der Waals surface area contributed by atoms with Crippen LogP contribution in [-0.4, -0.2) is 23.0 Å². The Hall–Kier alpha value is -1.06. The number of carboxylic acids is 1. The first kappa shape index (κ1) is 13.0. The molecule has 4 heteroatoms. The molecular formula is C12H21NO3. The van der Waals surface area contributed by atoms with Gasteiger partial charge in [-0.25, -0.2) is 0 Å². The fraction of sp³-hybridized carbons (Fsp3) is 0.833. The molecule has 0 aliphatic heterocycles.